The van der Waals surface area contributed by atoms with Crippen molar-refractivity contribution in [1.29, 1.82) is 5.41 Å². The van der Waals surface area contributed by atoms with Gasteiger partial charge in [-0.2, -0.15) is 0 Å². The smallest absolute Gasteiger partial charge is 0.147 e. The van der Waals surface area contributed by atoms with Crippen LogP contribution in [0.25, 0.3) is 0 Å². The molecular weight excluding hydrogens is 262 g/mol. The fraction of sp³-hybridized carbons (Fsp3) is 0.688. The van der Waals surface area contributed by atoms with Crippen molar-refractivity contribution >= 4 is 18.5 Å². The van der Waals surface area contributed by atoms with Crippen LogP contribution in [0.5, 0.6) is 0 Å². The molecule has 0 bridgehead atoms. The first kappa shape index (κ1) is 15.7. The van der Waals surface area contributed by atoms with E-state index in [2.05, 4.69) is 47.0 Å². The zero-order chi connectivity index (χ0) is 15.5. The van der Waals surface area contributed by atoms with Gasteiger partial charge in [0.15, 0.2) is 0 Å². The molecule has 1 heterocycles. The maximum Gasteiger partial charge on any atom is 0.147 e. The van der Waals surface area contributed by atoms with E-state index in [-0.39, 0.29) is 11.5 Å². The normalized spacial score (nSPS) is 28.7. The first-order chi connectivity index (χ1) is 10.0. The Bertz CT molecular complexity index is 475. The van der Waals surface area contributed by atoms with E-state index in [1.54, 1.807) is 6.34 Å². The predicted octanol–water partition coefficient (Wildman–Crippen LogP) is 3.00. The number of amidine groups is 1. The number of nitrogens with zero attached hydrogens (tertiary/aromatic N) is 3. The molecule has 0 amide bonds. The Hall–Kier alpha value is -1.65. The van der Waals surface area contributed by atoms with Crippen molar-refractivity contribution in [1.82, 2.24) is 10.2 Å². The summed E-state index contributed by atoms with van der Waals surface area (Å²) >= 11 is 0. The summed E-state index contributed by atoms with van der Waals surface area (Å²) in [7, 11) is 0. The van der Waals surface area contributed by atoms with Gasteiger partial charge in [0, 0.05) is 11.1 Å². The number of rotatable bonds is 3. The molecule has 2 N–H and O–H groups in total. The van der Waals surface area contributed by atoms with Crippen LogP contribution >= 0.6 is 0 Å². The van der Waals surface area contributed by atoms with Gasteiger partial charge < -0.3 is 10.2 Å². The SMILES string of the molecule is CCC1N=CN(C2=CCC(CC)C2(C)C)CNC=NC1=N. The molecule has 0 aromatic carbocycles. The lowest BCUT2D eigenvalue weighted by Crippen LogP contribution is -2.37. The molecule has 0 spiro atoms. The van der Waals surface area contributed by atoms with Crippen LogP contribution in [-0.2, 0) is 0 Å². The van der Waals surface area contributed by atoms with Crippen LogP contribution in [0.4, 0.5) is 0 Å². The third kappa shape index (κ3) is 3.17. The van der Waals surface area contributed by atoms with Crippen LogP contribution in [0.1, 0.15) is 47.0 Å². The molecule has 0 radical (unpaired) electrons. The Kier molecular flexibility index (Phi) is 4.80. The second kappa shape index (κ2) is 6.41. The minimum absolute atomic E-state index is 0.156. The third-order valence-corrected chi connectivity index (χ3v) is 4.72. The van der Waals surface area contributed by atoms with Gasteiger partial charge in [-0.15, -0.1) is 0 Å². The Balaban J connectivity index is 2.23. The van der Waals surface area contributed by atoms with Crippen LogP contribution in [0, 0.1) is 16.7 Å². The van der Waals surface area contributed by atoms with E-state index >= 15 is 0 Å². The second-order valence-corrected chi connectivity index (χ2v) is 6.32. The summed E-state index contributed by atoms with van der Waals surface area (Å²) < 4.78 is 0. The fourth-order valence-electron chi connectivity index (χ4n) is 3.24. The number of allylic oxidation sites excluding steroid dienone is 2. The molecule has 2 unspecified atom stereocenters. The minimum Gasteiger partial charge on any atom is -0.358 e. The first-order valence-corrected chi connectivity index (χ1v) is 7.85. The molecule has 0 aromatic heterocycles. The summed E-state index contributed by atoms with van der Waals surface area (Å²) in [5, 5.41) is 11.1. The summed E-state index contributed by atoms with van der Waals surface area (Å²) in [6.07, 6.45) is 8.95. The monoisotopic (exact) mass is 289 g/mol. The second-order valence-electron chi connectivity index (χ2n) is 6.32. The van der Waals surface area contributed by atoms with E-state index in [1.165, 1.54) is 12.1 Å². The molecule has 0 aromatic rings. The molecule has 2 rings (SSSR count). The van der Waals surface area contributed by atoms with Crippen LogP contribution in [-0.4, -0.2) is 36.1 Å². The fourth-order valence-corrected chi connectivity index (χ4v) is 3.24. The molecule has 5 heteroatoms. The van der Waals surface area contributed by atoms with Crippen molar-refractivity contribution in [3.63, 3.8) is 0 Å². The zero-order valence-corrected chi connectivity index (χ0v) is 13.6. The molecule has 2 aliphatic rings. The molecule has 21 heavy (non-hydrogen) atoms. The molecule has 0 saturated carbocycles. The topological polar surface area (TPSA) is 63.8 Å². The number of hydrogen-bond donors (Lipinski definition) is 2. The number of nitrogens with one attached hydrogen (secondary N) is 2. The summed E-state index contributed by atoms with van der Waals surface area (Å²) in [5.41, 5.74) is 1.48. The van der Waals surface area contributed by atoms with Crippen LogP contribution in [0.2, 0.25) is 0 Å². The van der Waals surface area contributed by atoms with Gasteiger partial charge in [-0.1, -0.05) is 40.2 Å². The highest BCUT2D eigenvalue weighted by atomic mass is 15.3. The van der Waals surface area contributed by atoms with Crippen molar-refractivity contribution < 1.29 is 0 Å². The van der Waals surface area contributed by atoms with Crippen LogP contribution in [0.15, 0.2) is 21.8 Å². The van der Waals surface area contributed by atoms with E-state index in [1.807, 2.05) is 13.3 Å². The van der Waals surface area contributed by atoms with Gasteiger partial charge in [0.25, 0.3) is 0 Å². The lowest BCUT2D eigenvalue weighted by Gasteiger charge is -2.35. The average molecular weight is 289 g/mol. The van der Waals surface area contributed by atoms with Gasteiger partial charge in [-0.25, -0.2) is 4.99 Å². The van der Waals surface area contributed by atoms with E-state index in [4.69, 9.17) is 5.41 Å². The summed E-state index contributed by atoms with van der Waals surface area (Å²) in [6, 6.07) is -0.157. The molecule has 1 aliphatic carbocycles. The maximum absolute atomic E-state index is 7.91. The largest absolute Gasteiger partial charge is 0.358 e. The Labute approximate surface area is 127 Å². The average Bonchev–Trinajstić information content (AvgIpc) is 2.79. The lowest BCUT2D eigenvalue weighted by molar-refractivity contribution is 0.242. The molecule has 116 valence electrons. The van der Waals surface area contributed by atoms with E-state index in [0.717, 1.165) is 12.8 Å². The van der Waals surface area contributed by atoms with Gasteiger partial charge in [0.1, 0.15) is 11.9 Å². The Morgan fingerprint density at radius 2 is 2.14 bits per heavy atom. The molecule has 1 aliphatic heterocycles. The molecule has 2 atom stereocenters. The van der Waals surface area contributed by atoms with Crippen molar-refractivity contribution in [2.24, 2.45) is 21.3 Å². The zero-order valence-electron chi connectivity index (χ0n) is 13.6. The molecule has 5 nitrogen and oxygen atoms in total. The quantitative estimate of drug-likeness (QED) is 0.839. The van der Waals surface area contributed by atoms with Gasteiger partial charge in [0.2, 0.25) is 0 Å². The standard InChI is InChI=1S/C16H27N5/c1-5-12-7-8-14(16(12,3)4)21-10-18-9-19-15(17)13(6-2)20-11-21/h8-9,11-13H,5-7,10H2,1-4H3,(H2,17,18,19). The van der Waals surface area contributed by atoms with Crippen molar-refractivity contribution in [3.05, 3.63) is 11.8 Å². The highest BCUT2D eigenvalue weighted by Gasteiger charge is 2.38. The molecule has 0 saturated heterocycles. The molecule has 0 fully saturated rings. The van der Waals surface area contributed by atoms with Gasteiger partial charge >= 0.3 is 0 Å². The van der Waals surface area contributed by atoms with E-state index in [0.29, 0.717) is 18.4 Å². The van der Waals surface area contributed by atoms with Crippen molar-refractivity contribution in [3.8, 4) is 0 Å². The minimum atomic E-state index is -0.157. The Morgan fingerprint density at radius 1 is 1.38 bits per heavy atom. The van der Waals surface area contributed by atoms with Crippen LogP contribution < -0.4 is 5.32 Å². The molecular formula is C16H27N5. The maximum atomic E-state index is 7.91. The lowest BCUT2D eigenvalue weighted by atomic mass is 9.78. The summed E-state index contributed by atoms with van der Waals surface area (Å²) in [4.78, 5) is 10.8. The Morgan fingerprint density at radius 3 is 2.76 bits per heavy atom. The highest BCUT2D eigenvalue weighted by Crippen LogP contribution is 2.45. The number of aliphatic imine (C=N–C) groups is 2. The number of hydrogen-bond acceptors (Lipinski definition) is 4. The van der Waals surface area contributed by atoms with Crippen molar-refractivity contribution in [2.45, 2.75) is 53.0 Å². The van der Waals surface area contributed by atoms with Gasteiger partial charge in [-0.05, 0) is 18.8 Å². The van der Waals surface area contributed by atoms with Crippen LogP contribution in [0.3, 0.4) is 0 Å². The first-order valence-electron chi connectivity index (χ1n) is 7.85. The summed E-state index contributed by atoms with van der Waals surface area (Å²) in [6.45, 7) is 9.56. The van der Waals surface area contributed by atoms with E-state index < -0.39 is 0 Å². The van der Waals surface area contributed by atoms with Gasteiger partial charge in [-0.3, -0.25) is 10.4 Å². The van der Waals surface area contributed by atoms with Crippen molar-refractivity contribution in [2.75, 3.05) is 6.67 Å². The summed E-state index contributed by atoms with van der Waals surface area (Å²) in [5.74, 6) is 0.997. The van der Waals surface area contributed by atoms with E-state index in [9.17, 15) is 0 Å². The predicted molar refractivity (Wildman–Crippen MR) is 88.9 cm³/mol. The highest BCUT2D eigenvalue weighted by molar-refractivity contribution is 5.92. The third-order valence-electron chi connectivity index (χ3n) is 4.72. The van der Waals surface area contributed by atoms with Gasteiger partial charge in [0.05, 0.1) is 19.3 Å².